The van der Waals surface area contributed by atoms with Crippen LogP contribution in [0.25, 0.3) is 0 Å². The van der Waals surface area contributed by atoms with E-state index in [4.69, 9.17) is 0 Å². The molecule has 2 rings (SSSR count). The number of carbonyl (C=O) groups excluding carboxylic acids is 3. The molecule has 1 saturated heterocycles. The van der Waals surface area contributed by atoms with Crippen molar-refractivity contribution in [3.63, 3.8) is 0 Å². The van der Waals surface area contributed by atoms with Gasteiger partial charge in [0, 0.05) is 45.7 Å². The average Bonchev–Trinajstić information content (AvgIpc) is 2.58. The van der Waals surface area contributed by atoms with E-state index in [1.807, 2.05) is 24.3 Å². The normalized spacial score (nSPS) is 15.0. The summed E-state index contributed by atoms with van der Waals surface area (Å²) in [7, 11) is 0. The Balaban J connectivity index is 2.16. The minimum atomic E-state index is -0.155. The predicted octanol–water partition coefficient (Wildman–Crippen LogP) is 2.03. The van der Waals surface area contributed by atoms with E-state index < -0.39 is 0 Å². The summed E-state index contributed by atoms with van der Waals surface area (Å²) in [6, 6.07) is 7.73. The third-order valence-corrected chi connectivity index (χ3v) is 4.75. The van der Waals surface area contributed by atoms with E-state index in [0.717, 1.165) is 11.3 Å². The van der Waals surface area contributed by atoms with Crippen molar-refractivity contribution in [2.24, 2.45) is 0 Å². The molecule has 1 aliphatic heterocycles. The lowest BCUT2D eigenvalue weighted by molar-refractivity contribution is -0.137. The molecule has 142 valence electrons. The van der Waals surface area contributed by atoms with Crippen LogP contribution < -0.4 is 4.90 Å². The van der Waals surface area contributed by atoms with Gasteiger partial charge >= 0.3 is 0 Å². The molecule has 3 amide bonds. The first kappa shape index (κ1) is 19.9. The molecule has 0 spiro atoms. The molecular formula is C20H29N3O3. The van der Waals surface area contributed by atoms with Crippen molar-refractivity contribution in [3.8, 4) is 0 Å². The van der Waals surface area contributed by atoms with E-state index >= 15 is 0 Å². The van der Waals surface area contributed by atoms with Gasteiger partial charge in [0.15, 0.2) is 0 Å². The number of anilines is 1. The fourth-order valence-electron chi connectivity index (χ4n) is 3.22. The Labute approximate surface area is 155 Å². The third kappa shape index (κ3) is 4.62. The number of hydrogen-bond acceptors (Lipinski definition) is 3. The highest BCUT2D eigenvalue weighted by Crippen LogP contribution is 2.32. The van der Waals surface area contributed by atoms with Crippen molar-refractivity contribution in [2.45, 2.75) is 40.0 Å². The molecule has 0 aliphatic carbocycles. The molecule has 1 aliphatic rings. The lowest BCUT2D eigenvalue weighted by Gasteiger charge is -2.36. The zero-order chi connectivity index (χ0) is 19.5. The van der Waals surface area contributed by atoms with E-state index in [9.17, 15) is 14.4 Å². The second-order valence-electron chi connectivity index (χ2n) is 7.76. The Hall–Kier alpha value is -2.37. The molecule has 6 nitrogen and oxygen atoms in total. The van der Waals surface area contributed by atoms with Gasteiger partial charge < -0.3 is 14.7 Å². The predicted molar refractivity (Wildman–Crippen MR) is 102 cm³/mol. The molecule has 0 N–H and O–H groups in total. The van der Waals surface area contributed by atoms with Gasteiger partial charge in [0.05, 0.1) is 0 Å². The van der Waals surface area contributed by atoms with Crippen LogP contribution in [0, 0.1) is 0 Å². The van der Waals surface area contributed by atoms with E-state index in [1.54, 1.807) is 21.6 Å². The van der Waals surface area contributed by atoms with Crippen LogP contribution in [0.5, 0.6) is 0 Å². The monoisotopic (exact) mass is 359 g/mol. The van der Waals surface area contributed by atoms with Crippen molar-refractivity contribution in [1.29, 1.82) is 0 Å². The van der Waals surface area contributed by atoms with Crippen LogP contribution in [0.4, 0.5) is 5.69 Å². The average molecular weight is 359 g/mol. The lowest BCUT2D eigenvalue weighted by atomic mass is 9.85. The number of rotatable bonds is 3. The molecule has 0 saturated carbocycles. The Kier molecular flexibility index (Phi) is 6.05. The fourth-order valence-corrected chi connectivity index (χ4v) is 3.22. The fraction of sp³-hybridized carbons (Fsp3) is 0.550. The molecule has 0 radical (unpaired) electrons. The maximum absolute atomic E-state index is 12.8. The summed E-state index contributed by atoms with van der Waals surface area (Å²) in [6.07, 6.45) is 0. The highest BCUT2D eigenvalue weighted by molar-refractivity contribution is 5.98. The quantitative estimate of drug-likeness (QED) is 0.830. The van der Waals surface area contributed by atoms with Crippen LogP contribution in [0.1, 0.15) is 40.2 Å². The molecule has 1 fully saturated rings. The summed E-state index contributed by atoms with van der Waals surface area (Å²) >= 11 is 0. The summed E-state index contributed by atoms with van der Waals surface area (Å²) in [4.78, 5) is 41.5. The van der Waals surface area contributed by atoms with Crippen molar-refractivity contribution < 1.29 is 14.4 Å². The molecule has 1 aromatic rings. The number of amides is 3. The van der Waals surface area contributed by atoms with Crippen molar-refractivity contribution in [2.75, 3.05) is 37.6 Å². The molecular weight excluding hydrogens is 330 g/mol. The zero-order valence-electron chi connectivity index (χ0n) is 16.4. The highest BCUT2D eigenvalue weighted by atomic mass is 16.2. The van der Waals surface area contributed by atoms with Crippen LogP contribution in [0.2, 0.25) is 0 Å². The number of carbonyl (C=O) groups is 3. The molecule has 0 aromatic heterocycles. The van der Waals surface area contributed by atoms with Gasteiger partial charge in [0.25, 0.3) is 0 Å². The van der Waals surface area contributed by atoms with E-state index in [1.165, 1.54) is 6.92 Å². The van der Waals surface area contributed by atoms with Crippen molar-refractivity contribution in [1.82, 2.24) is 9.80 Å². The lowest BCUT2D eigenvalue weighted by Crippen LogP contribution is -2.52. The van der Waals surface area contributed by atoms with Gasteiger partial charge in [-0.3, -0.25) is 14.4 Å². The van der Waals surface area contributed by atoms with Gasteiger partial charge in [-0.2, -0.15) is 0 Å². The number of para-hydroxylation sites is 1. The summed E-state index contributed by atoms with van der Waals surface area (Å²) in [6.45, 7) is 11.4. The minimum absolute atomic E-state index is 0.0164. The molecule has 6 heteroatoms. The SMILES string of the molecule is CC(=O)N1CCN(C(=O)CN(C(C)=O)c2ccccc2C(C)(C)C)CC1. The Bertz CT molecular complexity index is 686. The second kappa shape index (κ2) is 7.89. The van der Waals surface area contributed by atoms with Gasteiger partial charge in [0.2, 0.25) is 17.7 Å². The molecule has 1 aromatic carbocycles. The van der Waals surface area contributed by atoms with Crippen LogP contribution in [0.3, 0.4) is 0 Å². The Morgan fingerprint density at radius 1 is 0.962 bits per heavy atom. The zero-order valence-corrected chi connectivity index (χ0v) is 16.4. The first-order chi connectivity index (χ1) is 12.1. The minimum Gasteiger partial charge on any atom is -0.339 e. The summed E-state index contributed by atoms with van der Waals surface area (Å²) in [5, 5.41) is 0. The molecule has 0 bridgehead atoms. The van der Waals surface area contributed by atoms with Crippen LogP contribution in [0.15, 0.2) is 24.3 Å². The van der Waals surface area contributed by atoms with E-state index in [2.05, 4.69) is 20.8 Å². The third-order valence-electron chi connectivity index (χ3n) is 4.75. The summed E-state index contributed by atoms with van der Waals surface area (Å²) < 4.78 is 0. The Morgan fingerprint density at radius 3 is 2.00 bits per heavy atom. The van der Waals surface area contributed by atoms with Gasteiger partial charge in [-0.15, -0.1) is 0 Å². The number of piperazine rings is 1. The number of benzene rings is 1. The molecule has 1 heterocycles. The Morgan fingerprint density at radius 2 is 1.50 bits per heavy atom. The van der Waals surface area contributed by atoms with Crippen molar-refractivity contribution in [3.05, 3.63) is 29.8 Å². The standard InChI is InChI=1S/C20H29N3O3/c1-15(24)21-10-12-22(13-11-21)19(26)14-23(16(2)25)18-9-7-6-8-17(18)20(3,4)5/h6-9H,10-14H2,1-5H3. The highest BCUT2D eigenvalue weighted by Gasteiger charge is 2.28. The molecule has 26 heavy (non-hydrogen) atoms. The first-order valence-electron chi connectivity index (χ1n) is 9.02. The van der Waals surface area contributed by atoms with Crippen LogP contribution >= 0.6 is 0 Å². The maximum atomic E-state index is 12.8. The maximum Gasteiger partial charge on any atom is 0.242 e. The topological polar surface area (TPSA) is 60.9 Å². The van der Waals surface area contributed by atoms with Crippen LogP contribution in [-0.4, -0.2) is 60.2 Å². The van der Waals surface area contributed by atoms with Gasteiger partial charge in [0.1, 0.15) is 6.54 Å². The van der Waals surface area contributed by atoms with Crippen LogP contribution in [-0.2, 0) is 19.8 Å². The molecule has 0 unspecified atom stereocenters. The largest absolute Gasteiger partial charge is 0.339 e. The second-order valence-corrected chi connectivity index (χ2v) is 7.76. The van der Waals surface area contributed by atoms with E-state index in [0.29, 0.717) is 26.2 Å². The number of nitrogens with zero attached hydrogens (tertiary/aromatic N) is 3. The van der Waals surface area contributed by atoms with E-state index in [-0.39, 0.29) is 29.7 Å². The van der Waals surface area contributed by atoms with Gasteiger partial charge in [-0.1, -0.05) is 39.0 Å². The van der Waals surface area contributed by atoms with Crippen molar-refractivity contribution >= 4 is 23.4 Å². The van der Waals surface area contributed by atoms with Gasteiger partial charge in [-0.25, -0.2) is 0 Å². The van der Waals surface area contributed by atoms with Gasteiger partial charge in [-0.05, 0) is 17.0 Å². The smallest absolute Gasteiger partial charge is 0.242 e. The molecule has 0 atom stereocenters. The summed E-state index contributed by atoms with van der Waals surface area (Å²) in [5.74, 6) is -0.217. The summed E-state index contributed by atoms with van der Waals surface area (Å²) in [5.41, 5.74) is 1.67. The number of hydrogen-bond donors (Lipinski definition) is 0. The first-order valence-corrected chi connectivity index (χ1v) is 9.02.